The first-order chi connectivity index (χ1) is 6.45. The Morgan fingerprint density at radius 3 is 2.50 bits per heavy atom. The molecule has 0 aromatic heterocycles. The molecular weight excluding hydrogens is 204 g/mol. The lowest BCUT2D eigenvalue weighted by atomic mass is 10.3. The second-order valence-electron chi connectivity index (χ2n) is 3.29. The Kier molecular flexibility index (Phi) is 7.08. The average Bonchev–Trinajstić information content (AvgIpc) is 2.08. The van der Waals surface area contributed by atoms with Gasteiger partial charge in [-0.05, 0) is 19.4 Å². The molecule has 0 aromatic rings. The zero-order valence-corrected chi connectivity index (χ0v) is 9.60. The average molecular weight is 224 g/mol. The summed E-state index contributed by atoms with van der Waals surface area (Å²) >= 11 is 0. The quantitative estimate of drug-likeness (QED) is 0.476. The van der Waals surface area contributed by atoms with Crippen molar-refractivity contribution in [2.75, 3.05) is 25.9 Å². The number of aliphatic hydroxyl groups is 1. The minimum absolute atomic E-state index is 0.308. The van der Waals surface area contributed by atoms with E-state index >= 15 is 0 Å². The highest BCUT2D eigenvalue weighted by molar-refractivity contribution is 7.88. The van der Waals surface area contributed by atoms with Crippen LogP contribution in [0, 0.1) is 0 Å². The molecule has 6 heteroatoms. The Hall–Kier alpha value is -0.170. The summed E-state index contributed by atoms with van der Waals surface area (Å²) in [6, 6.07) is 0. The number of nitrogens with one attached hydrogen (secondary N) is 2. The van der Waals surface area contributed by atoms with E-state index in [1.54, 1.807) is 0 Å². The smallest absolute Gasteiger partial charge is 0.208 e. The van der Waals surface area contributed by atoms with Crippen molar-refractivity contribution in [2.24, 2.45) is 0 Å². The highest BCUT2D eigenvalue weighted by Crippen LogP contribution is 1.86. The van der Waals surface area contributed by atoms with Crippen molar-refractivity contribution >= 4 is 10.0 Å². The third-order valence-corrected chi connectivity index (χ3v) is 2.47. The summed E-state index contributed by atoms with van der Waals surface area (Å²) in [6.45, 7) is 3.63. The van der Waals surface area contributed by atoms with E-state index < -0.39 is 10.0 Å². The fraction of sp³-hybridized carbons (Fsp3) is 1.00. The first-order valence-corrected chi connectivity index (χ1v) is 6.68. The molecule has 0 saturated heterocycles. The van der Waals surface area contributed by atoms with Gasteiger partial charge in [-0.1, -0.05) is 6.92 Å². The first-order valence-electron chi connectivity index (χ1n) is 4.79. The Morgan fingerprint density at radius 2 is 2.00 bits per heavy atom. The van der Waals surface area contributed by atoms with Crippen molar-refractivity contribution in [1.29, 1.82) is 0 Å². The summed E-state index contributed by atoms with van der Waals surface area (Å²) in [5.74, 6) is 0. The van der Waals surface area contributed by atoms with E-state index in [1.165, 1.54) is 0 Å². The summed E-state index contributed by atoms with van der Waals surface area (Å²) in [5, 5.41) is 12.2. The molecule has 0 heterocycles. The van der Waals surface area contributed by atoms with E-state index in [4.69, 9.17) is 5.11 Å². The molecule has 0 spiro atoms. The zero-order chi connectivity index (χ0) is 11.0. The van der Waals surface area contributed by atoms with Crippen molar-refractivity contribution < 1.29 is 13.5 Å². The fourth-order valence-electron chi connectivity index (χ4n) is 0.884. The van der Waals surface area contributed by atoms with Gasteiger partial charge in [0, 0.05) is 13.1 Å². The molecule has 3 N–H and O–H groups in total. The van der Waals surface area contributed by atoms with Gasteiger partial charge >= 0.3 is 0 Å². The summed E-state index contributed by atoms with van der Waals surface area (Å²) in [7, 11) is -3.06. The van der Waals surface area contributed by atoms with Crippen LogP contribution in [0.5, 0.6) is 0 Å². The minimum Gasteiger partial charge on any atom is -0.392 e. The van der Waals surface area contributed by atoms with E-state index in [2.05, 4.69) is 10.0 Å². The Bertz CT molecular complexity index is 229. The molecule has 1 unspecified atom stereocenters. The van der Waals surface area contributed by atoms with Crippen molar-refractivity contribution in [3.8, 4) is 0 Å². The molecule has 0 aliphatic heterocycles. The number of aliphatic hydroxyl groups excluding tert-OH is 1. The van der Waals surface area contributed by atoms with Gasteiger partial charge in [-0.15, -0.1) is 0 Å². The van der Waals surface area contributed by atoms with Gasteiger partial charge in [0.25, 0.3) is 0 Å². The molecule has 0 fully saturated rings. The van der Waals surface area contributed by atoms with Crippen molar-refractivity contribution in [2.45, 2.75) is 25.9 Å². The molecule has 0 radical (unpaired) electrons. The Balaban J connectivity index is 3.23. The molecule has 0 aliphatic carbocycles. The maximum atomic E-state index is 10.6. The van der Waals surface area contributed by atoms with Gasteiger partial charge in [0.2, 0.25) is 10.0 Å². The number of rotatable bonds is 8. The normalized spacial score (nSPS) is 14.2. The van der Waals surface area contributed by atoms with E-state index in [0.717, 1.165) is 19.1 Å². The van der Waals surface area contributed by atoms with Gasteiger partial charge in [0.15, 0.2) is 0 Å². The lowest BCUT2D eigenvalue weighted by Gasteiger charge is -2.08. The molecule has 0 rings (SSSR count). The number of hydrogen-bond acceptors (Lipinski definition) is 4. The van der Waals surface area contributed by atoms with Crippen LogP contribution in [0.15, 0.2) is 0 Å². The van der Waals surface area contributed by atoms with E-state index in [-0.39, 0.29) is 6.10 Å². The van der Waals surface area contributed by atoms with Crippen molar-refractivity contribution in [3.05, 3.63) is 0 Å². The molecule has 0 saturated carbocycles. The van der Waals surface area contributed by atoms with Crippen LogP contribution in [0.4, 0.5) is 0 Å². The van der Waals surface area contributed by atoms with Crippen LogP contribution in [0.25, 0.3) is 0 Å². The lowest BCUT2D eigenvalue weighted by molar-refractivity contribution is 0.167. The predicted molar refractivity (Wildman–Crippen MR) is 56.6 cm³/mol. The summed E-state index contributed by atoms with van der Waals surface area (Å²) < 4.78 is 23.7. The summed E-state index contributed by atoms with van der Waals surface area (Å²) in [6.07, 6.45) is 2.29. The van der Waals surface area contributed by atoms with Crippen molar-refractivity contribution in [1.82, 2.24) is 10.0 Å². The molecule has 0 amide bonds. The second-order valence-corrected chi connectivity index (χ2v) is 5.12. The highest BCUT2D eigenvalue weighted by atomic mass is 32.2. The van der Waals surface area contributed by atoms with Crippen LogP contribution in [-0.2, 0) is 10.0 Å². The first kappa shape index (κ1) is 13.8. The van der Waals surface area contributed by atoms with Crippen LogP contribution >= 0.6 is 0 Å². The summed E-state index contributed by atoms with van der Waals surface area (Å²) in [4.78, 5) is 0. The van der Waals surface area contributed by atoms with E-state index in [9.17, 15) is 8.42 Å². The topological polar surface area (TPSA) is 78.4 Å². The van der Waals surface area contributed by atoms with Gasteiger partial charge in [-0.25, -0.2) is 13.1 Å². The van der Waals surface area contributed by atoms with E-state index in [1.807, 2.05) is 6.92 Å². The monoisotopic (exact) mass is 224 g/mol. The van der Waals surface area contributed by atoms with Gasteiger partial charge < -0.3 is 10.4 Å². The molecule has 0 aliphatic rings. The SMILES string of the molecule is CCC(O)CNCCCNS(C)(=O)=O. The molecule has 0 aromatic carbocycles. The summed E-state index contributed by atoms with van der Waals surface area (Å²) in [5.41, 5.74) is 0. The van der Waals surface area contributed by atoms with Gasteiger partial charge in [-0.2, -0.15) is 0 Å². The van der Waals surface area contributed by atoms with Crippen LogP contribution < -0.4 is 10.0 Å². The molecule has 5 nitrogen and oxygen atoms in total. The highest BCUT2D eigenvalue weighted by Gasteiger charge is 2.00. The van der Waals surface area contributed by atoms with Crippen LogP contribution in [0.2, 0.25) is 0 Å². The molecule has 1 atom stereocenters. The lowest BCUT2D eigenvalue weighted by Crippen LogP contribution is -2.30. The Morgan fingerprint density at radius 1 is 1.36 bits per heavy atom. The van der Waals surface area contributed by atoms with Crippen LogP contribution in [0.1, 0.15) is 19.8 Å². The fourth-order valence-corrected chi connectivity index (χ4v) is 1.40. The molecule has 14 heavy (non-hydrogen) atoms. The minimum atomic E-state index is -3.06. The van der Waals surface area contributed by atoms with Crippen LogP contribution in [-0.4, -0.2) is 45.5 Å². The maximum Gasteiger partial charge on any atom is 0.208 e. The van der Waals surface area contributed by atoms with Gasteiger partial charge in [-0.3, -0.25) is 0 Å². The number of sulfonamides is 1. The van der Waals surface area contributed by atoms with Gasteiger partial charge in [0.05, 0.1) is 12.4 Å². The Labute approximate surface area is 85.9 Å². The molecule has 86 valence electrons. The standard InChI is InChI=1S/C8H20N2O3S/c1-3-8(11)7-9-5-4-6-10-14(2,12)13/h8-11H,3-7H2,1-2H3. The third-order valence-electron chi connectivity index (χ3n) is 1.75. The molecular formula is C8H20N2O3S. The molecule has 0 bridgehead atoms. The van der Waals surface area contributed by atoms with E-state index in [0.29, 0.717) is 19.6 Å². The van der Waals surface area contributed by atoms with Crippen molar-refractivity contribution in [3.63, 3.8) is 0 Å². The van der Waals surface area contributed by atoms with Gasteiger partial charge in [0.1, 0.15) is 0 Å². The second kappa shape index (κ2) is 7.17. The largest absolute Gasteiger partial charge is 0.392 e. The zero-order valence-electron chi connectivity index (χ0n) is 8.78. The van der Waals surface area contributed by atoms with Crippen LogP contribution in [0.3, 0.4) is 0 Å². The number of hydrogen-bond donors (Lipinski definition) is 3. The third kappa shape index (κ3) is 9.91. The maximum absolute atomic E-state index is 10.6. The predicted octanol–water partition coefficient (Wildman–Crippen LogP) is -0.714.